The smallest absolute Gasteiger partial charge is 0.188 e. The molecule has 2 nitrogen and oxygen atoms in total. The summed E-state index contributed by atoms with van der Waals surface area (Å²) >= 11 is 0. The van der Waals surface area contributed by atoms with E-state index < -0.39 is 0 Å². The molecule has 0 spiro atoms. The number of methoxy groups -OCH3 is 1. The maximum Gasteiger partial charge on any atom is 0.188 e. The van der Waals surface area contributed by atoms with Crippen molar-refractivity contribution in [3.63, 3.8) is 0 Å². The molecule has 76 valence electrons. The van der Waals surface area contributed by atoms with Crippen LogP contribution >= 0.6 is 0 Å². The predicted molar refractivity (Wildman–Crippen MR) is 54.5 cm³/mol. The number of halogens is 1. The minimum Gasteiger partial charge on any atom is -0.494 e. The van der Waals surface area contributed by atoms with Gasteiger partial charge in [-0.05, 0) is 11.6 Å². The summed E-state index contributed by atoms with van der Waals surface area (Å²) in [6.07, 6.45) is 0. The second-order valence-electron chi connectivity index (χ2n) is 4.24. The van der Waals surface area contributed by atoms with Crippen molar-refractivity contribution in [3.8, 4) is 5.75 Å². The number of ether oxygens (including phenoxy) is 1. The highest BCUT2D eigenvalue weighted by atomic mass is 19.1. The highest BCUT2D eigenvalue weighted by molar-refractivity contribution is 5.63. The van der Waals surface area contributed by atoms with Crippen molar-refractivity contribution in [2.24, 2.45) is 0 Å². The number of fused-ring (bicyclic) bond motifs is 1. The van der Waals surface area contributed by atoms with E-state index in [-0.39, 0.29) is 11.2 Å². The van der Waals surface area contributed by atoms with E-state index in [9.17, 15) is 4.39 Å². The van der Waals surface area contributed by atoms with Crippen LogP contribution < -0.4 is 10.1 Å². The van der Waals surface area contributed by atoms with E-state index in [1.54, 1.807) is 6.07 Å². The van der Waals surface area contributed by atoms with Crippen molar-refractivity contribution in [2.45, 2.75) is 19.3 Å². The molecule has 0 atom stereocenters. The SMILES string of the molecule is COc1ccc2c(c1F)NCC2(C)C. The first-order chi connectivity index (χ1) is 6.56. The van der Waals surface area contributed by atoms with Crippen molar-refractivity contribution < 1.29 is 9.13 Å². The fourth-order valence-corrected chi connectivity index (χ4v) is 1.86. The summed E-state index contributed by atoms with van der Waals surface area (Å²) in [7, 11) is 1.48. The lowest BCUT2D eigenvalue weighted by Gasteiger charge is -2.17. The van der Waals surface area contributed by atoms with Crippen LogP contribution in [0.1, 0.15) is 19.4 Å². The molecule has 3 heteroatoms. The van der Waals surface area contributed by atoms with Crippen molar-refractivity contribution in [1.29, 1.82) is 0 Å². The number of hydrogen-bond acceptors (Lipinski definition) is 2. The second kappa shape index (κ2) is 2.87. The van der Waals surface area contributed by atoms with Crippen LogP contribution in [-0.2, 0) is 5.41 Å². The summed E-state index contributed by atoms with van der Waals surface area (Å²) in [4.78, 5) is 0. The van der Waals surface area contributed by atoms with Gasteiger partial charge < -0.3 is 10.1 Å². The summed E-state index contributed by atoms with van der Waals surface area (Å²) in [6.45, 7) is 4.96. The van der Waals surface area contributed by atoms with Gasteiger partial charge in [-0.2, -0.15) is 0 Å². The number of hydrogen-bond donors (Lipinski definition) is 1. The van der Waals surface area contributed by atoms with E-state index in [1.165, 1.54) is 7.11 Å². The normalized spacial score (nSPS) is 17.4. The number of benzene rings is 1. The Kier molecular flexibility index (Phi) is 1.91. The van der Waals surface area contributed by atoms with E-state index in [4.69, 9.17) is 4.74 Å². The zero-order valence-electron chi connectivity index (χ0n) is 8.65. The first-order valence-corrected chi connectivity index (χ1v) is 4.67. The molecule has 1 heterocycles. The topological polar surface area (TPSA) is 21.3 Å². The van der Waals surface area contributed by atoms with Crippen molar-refractivity contribution in [1.82, 2.24) is 0 Å². The van der Waals surface area contributed by atoms with Crippen LogP contribution in [0.3, 0.4) is 0 Å². The molecule has 1 aromatic rings. The molecule has 0 bridgehead atoms. The lowest BCUT2D eigenvalue weighted by Crippen LogP contribution is -2.18. The predicted octanol–water partition coefficient (Wildman–Crippen LogP) is 2.54. The average molecular weight is 195 g/mol. The molecule has 0 fully saturated rings. The van der Waals surface area contributed by atoms with Crippen LogP contribution in [0.4, 0.5) is 10.1 Å². The second-order valence-corrected chi connectivity index (χ2v) is 4.24. The van der Waals surface area contributed by atoms with E-state index in [0.29, 0.717) is 11.4 Å². The first-order valence-electron chi connectivity index (χ1n) is 4.67. The zero-order valence-corrected chi connectivity index (χ0v) is 8.65. The third-order valence-corrected chi connectivity index (χ3v) is 2.76. The zero-order chi connectivity index (χ0) is 10.3. The van der Waals surface area contributed by atoms with Gasteiger partial charge >= 0.3 is 0 Å². The molecule has 0 saturated carbocycles. The molecule has 1 aromatic carbocycles. The quantitative estimate of drug-likeness (QED) is 0.743. The summed E-state index contributed by atoms with van der Waals surface area (Å²) in [5.74, 6) is 0.0181. The standard InChI is InChI=1S/C11H14FNO/c1-11(2)6-13-10-7(11)4-5-8(14-3)9(10)12/h4-5,13H,6H2,1-3H3. The molecule has 0 radical (unpaired) electrons. The third kappa shape index (κ3) is 1.15. The highest BCUT2D eigenvalue weighted by Gasteiger charge is 2.32. The van der Waals surface area contributed by atoms with Crippen LogP contribution in [0.25, 0.3) is 0 Å². The molecule has 0 unspecified atom stereocenters. The largest absolute Gasteiger partial charge is 0.494 e. The van der Waals surface area contributed by atoms with Gasteiger partial charge in [0.1, 0.15) is 0 Å². The van der Waals surface area contributed by atoms with Gasteiger partial charge in [-0.1, -0.05) is 19.9 Å². The van der Waals surface area contributed by atoms with Crippen LogP contribution in [0.2, 0.25) is 0 Å². The Balaban J connectivity index is 2.58. The minimum absolute atomic E-state index is 0.00243. The molecule has 0 aromatic heterocycles. The van der Waals surface area contributed by atoms with Crippen LogP contribution in [-0.4, -0.2) is 13.7 Å². The molecule has 1 N–H and O–H groups in total. The van der Waals surface area contributed by atoms with Gasteiger partial charge in [0.15, 0.2) is 11.6 Å². The molecule has 1 aliphatic heterocycles. The summed E-state index contributed by atoms with van der Waals surface area (Å²) in [5, 5.41) is 3.08. The number of rotatable bonds is 1. The van der Waals surface area contributed by atoms with Crippen LogP contribution in [0, 0.1) is 5.82 Å². The molecule has 0 amide bonds. The van der Waals surface area contributed by atoms with E-state index in [2.05, 4.69) is 19.2 Å². The van der Waals surface area contributed by atoms with Gasteiger partial charge in [0.05, 0.1) is 12.8 Å². The molecule has 14 heavy (non-hydrogen) atoms. The summed E-state index contributed by atoms with van der Waals surface area (Å²) in [6, 6.07) is 3.61. The lowest BCUT2D eigenvalue weighted by atomic mass is 9.87. The van der Waals surface area contributed by atoms with Crippen LogP contribution in [0.15, 0.2) is 12.1 Å². The number of nitrogens with one attached hydrogen (secondary N) is 1. The molecule has 0 saturated heterocycles. The fraction of sp³-hybridized carbons (Fsp3) is 0.455. The highest BCUT2D eigenvalue weighted by Crippen LogP contribution is 2.40. The lowest BCUT2D eigenvalue weighted by molar-refractivity contribution is 0.387. The Labute approximate surface area is 83.1 Å². The van der Waals surface area contributed by atoms with Gasteiger partial charge in [-0.3, -0.25) is 0 Å². The maximum atomic E-state index is 13.7. The van der Waals surface area contributed by atoms with Crippen LogP contribution in [0.5, 0.6) is 5.75 Å². The van der Waals surface area contributed by atoms with Gasteiger partial charge in [-0.25, -0.2) is 4.39 Å². The van der Waals surface area contributed by atoms with Crippen molar-refractivity contribution in [2.75, 3.05) is 19.0 Å². The minimum atomic E-state index is -0.282. The van der Waals surface area contributed by atoms with Gasteiger partial charge in [0, 0.05) is 12.0 Å². The molecule has 1 aliphatic rings. The maximum absolute atomic E-state index is 13.7. The molecular formula is C11H14FNO. The fourth-order valence-electron chi connectivity index (χ4n) is 1.86. The Morgan fingerprint density at radius 2 is 2.14 bits per heavy atom. The molecular weight excluding hydrogens is 181 g/mol. The third-order valence-electron chi connectivity index (χ3n) is 2.76. The van der Waals surface area contributed by atoms with Gasteiger partial charge in [0.2, 0.25) is 0 Å². The first kappa shape index (κ1) is 9.31. The van der Waals surface area contributed by atoms with Gasteiger partial charge in [0.25, 0.3) is 0 Å². The Morgan fingerprint density at radius 3 is 2.79 bits per heavy atom. The number of anilines is 1. The summed E-state index contributed by atoms with van der Waals surface area (Å²) in [5.41, 5.74) is 1.62. The van der Waals surface area contributed by atoms with Crippen molar-refractivity contribution in [3.05, 3.63) is 23.5 Å². The Bertz CT molecular complexity index is 374. The Hall–Kier alpha value is -1.25. The average Bonchev–Trinajstić information content (AvgIpc) is 2.44. The monoisotopic (exact) mass is 195 g/mol. The summed E-state index contributed by atoms with van der Waals surface area (Å²) < 4.78 is 18.7. The van der Waals surface area contributed by atoms with E-state index >= 15 is 0 Å². The van der Waals surface area contributed by atoms with E-state index in [1.807, 2.05) is 6.07 Å². The van der Waals surface area contributed by atoms with Crippen molar-refractivity contribution >= 4 is 5.69 Å². The molecule has 0 aliphatic carbocycles. The Morgan fingerprint density at radius 1 is 1.43 bits per heavy atom. The van der Waals surface area contributed by atoms with E-state index in [0.717, 1.165) is 12.1 Å². The molecule has 2 rings (SSSR count). The van der Waals surface area contributed by atoms with Gasteiger partial charge in [-0.15, -0.1) is 0 Å².